The summed E-state index contributed by atoms with van der Waals surface area (Å²) in [5.41, 5.74) is 2.31. The SMILES string of the molecule is [C-]#[N+]c1ccc(-c2ccc(OC)nn2)cc1. The highest BCUT2D eigenvalue weighted by atomic mass is 16.5. The summed E-state index contributed by atoms with van der Waals surface area (Å²) in [6, 6.07) is 10.8. The number of benzene rings is 1. The van der Waals surface area contributed by atoms with Crippen LogP contribution in [0.2, 0.25) is 0 Å². The average molecular weight is 211 g/mol. The number of aromatic nitrogens is 2. The van der Waals surface area contributed by atoms with E-state index >= 15 is 0 Å². The van der Waals surface area contributed by atoms with E-state index < -0.39 is 0 Å². The second-order valence-corrected chi connectivity index (χ2v) is 3.12. The lowest BCUT2D eigenvalue weighted by atomic mass is 10.1. The molecule has 1 aromatic carbocycles. The van der Waals surface area contributed by atoms with E-state index in [0.29, 0.717) is 11.6 Å². The van der Waals surface area contributed by atoms with Crippen molar-refractivity contribution >= 4 is 5.69 Å². The molecule has 4 nitrogen and oxygen atoms in total. The predicted molar refractivity (Wildman–Crippen MR) is 60.3 cm³/mol. The highest BCUT2D eigenvalue weighted by Gasteiger charge is 2.00. The quantitative estimate of drug-likeness (QED) is 0.717. The second kappa shape index (κ2) is 4.41. The standard InChI is InChI=1S/C12H9N3O/c1-13-10-5-3-9(4-6-10)11-7-8-12(16-2)15-14-11/h3-8H,2H3. The highest BCUT2D eigenvalue weighted by molar-refractivity contribution is 5.62. The zero-order valence-electron chi connectivity index (χ0n) is 8.71. The van der Waals surface area contributed by atoms with Crippen LogP contribution in [0.3, 0.4) is 0 Å². The minimum absolute atomic E-state index is 0.488. The lowest BCUT2D eigenvalue weighted by molar-refractivity contribution is 0.392. The molecule has 0 aliphatic heterocycles. The van der Waals surface area contributed by atoms with Crippen LogP contribution in [0.4, 0.5) is 5.69 Å². The Hall–Kier alpha value is -2.41. The molecular weight excluding hydrogens is 202 g/mol. The molecule has 2 aromatic rings. The molecule has 4 heteroatoms. The van der Waals surface area contributed by atoms with E-state index in [4.69, 9.17) is 11.3 Å². The number of ether oxygens (including phenoxy) is 1. The Morgan fingerprint density at radius 3 is 2.31 bits per heavy atom. The van der Waals surface area contributed by atoms with Crippen LogP contribution < -0.4 is 4.74 Å². The maximum absolute atomic E-state index is 6.85. The third-order valence-corrected chi connectivity index (χ3v) is 2.14. The fourth-order valence-electron chi connectivity index (χ4n) is 1.29. The molecule has 16 heavy (non-hydrogen) atoms. The average Bonchev–Trinajstić information content (AvgIpc) is 2.39. The lowest BCUT2D eigenvalue weighted by Gasteiger charge is -2.01. The number of rotatable bonds is 2. The van der Waals surface area contributed by atoms with Gasteiger partial charge in [-0.1, -0.05) is 24.3 Å². The molecule has 0 N–H and O–H groups in total. The van der Waals surface area contributed by atoms with Gasteiger partial charge in [-0.25, -0.2) is 4.85 Å². The first-order valence-electron chi connectivity index (χ1n) is 4.69. The van der Waals surface area contributed by atoms with Gasteiger partial charge in [0.05, 0.1) is 19.4 Å². The third kappa shape index (κ3) is 1.98. The van der Waals surface area contributed by atoms with Gasteiger partial charge < -0.3 is 4.74 Å². The fraction of sp³-hybridized carbons (Fsp3) is 0.0833. The van der Waals surface area contributed by atoms with Crippen LogP contribution >= 0.6 is 0 Å². The minimum atomic E-state index is 0.488. The molecule has 0 saturated carbocycles. The first kappa shape index (κ1) is 10.1. The van der Waals surface area contributed by atoms with Crippen molar-refractivity contribution in [3.05, 3.63) is 47.8 Å². The van der Waals surface area contributed by atoms with Gasteiger partial charge in [0.1, 0.15) is 0 Å². The Labute approximate surface area is 93.3 Å². The van der Waals surface area contributed by atoms with E-state index in [-0.39, 0.29) is 0 Å². The predicted octanol–water partition coefficient (Wildman–Crippen LogP) is 2.70. The molecule has 2 rings (SSSR count). The summed E-state index contributed by atoms with van der Waals surface area (Å²) in [6.07, 6.45) is 0. The molecule has 0 amide bonds. The van der Waals surface area contributed by atoms with Crippen LogP contribution in [0, 0.1) is 6.57 Å². The van der Waals surface area contributed by atoms with Crippen molar-refractivity contribution in [1.29, 1.82) is 0 Å². The van der Waals surface area contributed by atoms with Crippen molar-refractivity contribution in [2.45, 2.75) is 0 Å². The van der Waals surface area contributed by atoms with Crippen LogP contribution in [-0.4, -0.2) is 17.3 Å². The van der Waals surface area contributed by atoms with Gasteiger partial charge in [-0.05, 0) is 11.6 Å². The van der Waals surface area contributed by atoms with E-state index in [1.807, 2.05) is 18.2 Å². The topological polar surface area (TPSA) is 39.4 Å². The van der Waals surface area contributed by atoms with Crippen molar-refractivity contribution in [2.24, 2.45) is 0 Å². The Morgan fingerprint density at radius 1 is 1.06 bits per heavy atom. The molecule has 0 unspecified atom stereocenters. The van der Waals surface area contributed by atoms with E-state index in [9.17, 15) is 0 Å². The van der Waals surface area contributed by atoms with Gasteiger partial charge >= 0.3 is 0 Å². The van der Waals surface area contributed by atoms with Gasteiger partial charge in [-0.15, -0.1) is 10.2 Å². The van der Waals surface area contributed by atoms with Crippen molar-refractivity contribution in [2.75, 3.05) is 7.11 Å². The summed E-state index contributed by atoms with van der Waals surface area (Å²) in [4.78, 5) is 3.33. The summed E-state index contributed by atoms with van der Waals surface area (Å²) in [5, 5.41) is 7.91. The van der Waals surface area contributed by atoms with Crippen LogP contribution in [0.5, 0.6) is 5.88 Å². The zero-order valence-corrected chi connectivity index (χ0v) is 8.71. The maximum Gasteiger partial charge on any atom is 0.233 e. The molecule has 0 aliphatic carbocycles. The van der Waals surface area contributed by atoms with Crippen molar-refractivity contribution < 1.29 is 4.74 Å². The molecular formula is C12H9N3O. The number of methoxy groups -OCH3 is 1. The van der Waals surface area contributed by atoms with Crippen molar-refractivity contribution in [3.63, 3.8) is 0 Å². The van der Waals surface area contributed by atoms with E-state index in [1.165, 1.54) is 0 Å². The number of hydrogen-bond donors (Lipinski definition) is 0. The van der Waals surface area contributed by atoms with Gasteiger partial charge in [-0.2, -0.15) is 0 Å². The van der Waals surface area contributed by atoms with Crippen LogP contribution in [0.1, 0.15) is 0 Å². The summed E-state index contributed by atoms with van der Waals surface area (Å²) >= 11 is 0. The molecule has 1 aromatic heterocycles. The number of nitrogens with zero attached hydrogens (tertiary/aromatic N) is 3. The van der Waals surface area contributed by atoms with Gasteiger partial charge in [0, 0.05) is 6.07 Å². The normalized spacial score (nSPS) is 9.50. The summed E-state index contributed by atoms with van der Waals surface area (Å²) < 4.78 is 4.93. The molecule has 0 aliphatic rings. The molecule has 0 atom stereocenters. The molecule has 1 heterocycles. The summed E-state index contributed by atoms with van der Waals surface area (Å²) in [7, 11) is 1.55. The first-order chi connectivity index (χ1) is 7.83. The van der Waals surface area contributed by atoms with Crippen LogP contribution in [-0.2, 0) is 0 Å². The highest BCUT2D eigenvalue weighted by Crippen LogP contribution is 2.21. The van der Waals surface area contributed by atoms with Crippen LogP contribution in [0.25, 0.3) is 16.1 Å². The van der Waals surface area contributed by atoms with E-state index in [1.54, 1.807) is 25.3 Å². The molecule has 0 radical (unpaired) electrons. The fourth-order valence-corrected chi connectivity index (χ4v) is 1.29. The van der Waals surface area contributed by atoms with Gasteiger partial charge in [0.2, 0.25) is 5.88 Å². The van der Waals surface area contributed by atoms with Gasteiger partial charge in [0.15, 0.2) is 5.69 Å². The third-order valence-electron chi connectivity index (χ3n) is 2.14. The Balaban J connectivity index is 2.32. The van der Waals surface area contributed by atoms with Gasteiger partial charge in [-0.3, -0.25) is 0 Å². The maximum atomic E-state index is 6.85. The van der Waals surface area contributed by atoms with Gasteiger partial charge in [0.25, 0.3) is 0 Å². The minimum Gasteiger partial charge on any atom is -0.480 e. The molecule has 0 spiro atoms. The Morgan fingerprint density at radius 2 is 1.81 bits per heavy atom. The largest absolute Gasteiger partial charge is 0.480 e. The van der Waals surface area contributed by atoms with Crippen molar-refractivity contribution in [1.82, 2.24) is 10.2 Å². The summed E-state index contributed by atoms with van der Waals surface area (Å²) in [6.45, 7) is 6.85. The monoisotopic (exact) mass is 211 g/mol. The Bertz CT molecular complexity index is 511. The second-order valence-electron chi connectivity index (χ2n) is 3.12. The van der Waals surface area contributed by atoms with E-state index in [0.717, 1.165) is 11.3 Å². The summed E-state index contributed by atoms with van der Waals surface area (Å²) in [5.74, 6) is 0.488. The first-order valence-corrected chi connectivity index (χ1v) is 4.69. The van der Waals surface area contributed by atoms with Crippen molar-refractivity contribution in [3.8, 4) is 17.1 Å². The lowest BCUT2D eigenvalue weighted by Crippen LogP contribution is -1.91. The molecule has 0 fully saturated rings. The van der Waals surface area contributed by atoms with Crippen LogP contribution in [0.15, 0.2) is 36.4 Å². The molecule has 0 bridgehead atoms. The van der Waals surface area contributed by atoms with E-state index in [2.05, 4.69) is 15.0 Å². The number of hydrogen-bond acceptors (Lipinski definition) is 3. The molecule has 78 valence electrons. The zero-order chi connectivity index (χ0) is 11.4. The Kier molecular flexibility index (Phi) is 2.79. The smallest absolute Gasteiger partial charge is 0.233 e. The molecule has 0 saturated heterocycles.